The van der Waals surface area contributed by atoms with Crippen LogP contribution >= 0.6 is 0 Å². The van der Waals surface area contributed by atoms with Gasteiger partial charge in [0.25, 0.3) is 5.91 Å². The number of fused-ring (bicyclic) bond motifs is 1. The third-order valence-electron chi connectivity index (χ3n) is 6.44. The van der Waals surface area contributed by atoms with Gasteiger partial charge in [0.1, 0.15) is 12.1 Å². The number of hydrogen-bond donors (Lipinski definition) is 7. The lowest BCUT2D eigenvalue weighted by Crippen LogP contribution is -2.56. The Morgan fingerprint density at radius 3 is 2.23 bits per heavy atom. The van der Waals surface area contributed by atoms with Gasteiger partial charge in [-0.2, -0.15) is 0 Å². The van der Waals surface area contributed by atoms with E-state index in [-0.39, 0.29) is 18.8 Å². The molecular formula is C27H38N6O7. The van der Waals surface area contributed by atoms with Gasteiger partial charge in [0, 0.05) is 17.6 Å². The summed E-state index contributed by atoms with van der Waals surface area (Å²) in [5.41, 5.74) is 6.99. The zero-order chi connectivity index (χ0) is 30.0. The Kier molecular flexibility index (Phi) is 11.7. The Morgan fingerprint density at radius 1 is 0.975 bits per heavy atom. The molecule has 0 saturated heterocycles. The van der Waals surface area contributed by atoms with Gasteiger partial charge in [0.2, 0.25) is 23.5 Å². The van der Waals surface area contributed by atoms with E-state index in [1.165, 1.54) is 0 Å². The molecule has 0 fully saturated rings. The molecule has 1 aromatic heterocycles. The molecule has 0 aliphatic rings. The van der Waals surface area contributed by atoms with E-state index in [4.69, 9.17) is 10.8 Å². The zero-order valence-corrected chi connectivity index (χ0v) is 23.1. The van der Waals surface area contributed by atoms with Crippen molar-refractivity contribution in [1.29, 1.82) is 0 Å². The lowest BCUT2D eigenvalue weighted by atomic mass is 9.94. The van der Waals surface area contributed by atoms with Crippen molar-refractivity contribution in [2.75, 3.05) is 6.54 Å². The largest absolute Gasteiger partial charge is 0.465 e. The third-order valence-corrected chi connectivity index (χ3v) is 6.44. The minimum Gasteiger partial charge on any atom is -0.465 e. The van der Waals surface area contributed by atoms with E-state index >= 15 is 0 Å². The van der Waals surface area contributed by atoms with Crippen LogP contribution in [0, 0.1) is 11.8 Å². The van der Waals surface area contributed by atoms with Gasteiger partial charge in [-0.1, -0.05) is 52.3 Å². The van der Waals surface area contributed by atoms with Gasteiger partial charge >= 0.3 is 6.09 Å². The summed E-state index contributed by atoms with van der Waals surface area (Å²) < 4.78 is 0. The standard InChI is InChI=1S/C27H38N6O7/c1-5-15(4)22(33-25(37)20(10-14(2)3)32-27(39)40)23(35)26(38)29-13-21(34)31-19(24(28)36)12-17-11-16-8-6-7-9-18(16)30-17/h6-9,11,14-15,19-20,22,30,32H,5,10,12-13H2,1-4H3,(H2,28,36)(H,29,38)(H,31,34)(H,33,37)(H,39,40)/t15-,19-,20-,22?/m0/s1. The molecule has 0 spiro atoms. The number of nitrogens with two attached hydrogens (primary N) is 1. The van der Waals surface area contributed by atoms with Crippen molar-refractivity contribution < 1.29 is 33.9 Å². The molecule has 0 saturated carbocycles. The molecule has 1 heterocycles. The number of ketones is 1. The van der Waals surface area contributed by atoms with Crippen molar-refractivity contribution in [3.05, 3.63) is 36.0 Å². The monoisotopic (exact) mass is 558 g/mol. The van der Waals surface area contributed by atoms with Crippen molar-refractivity contribution in [2.45, 2.75) is 65.1 Å². The number of para-hydroxylation sites is 1. The molecule has 2 rings (SSSR count). The molecule has 0 aliphatic heterocycles. The van der Waals surface area contributed by atoms with Gasteiger partial charge < -0.3 is 37.1 Å². The van der Waals surface area contributed by atoms with Gasteiger partial charge in [-0.3, -0.25) is 24.0 Å². The Hall–Kier alpha value is -4.42. The summed E-state index contributed by atoms with van der Waals surface area (Å²) in [4.78, 5) is 77.1. The lowest BCUT2D eigenvalue weighted by molar-refractivity contribution is -0.141. The molecule has 2 aromatic rings. The van der Waals surface area contributed by atoms with Crippen LogP contribution in [0.1, 0.15) is 46.2 Å². The average Bonchev–Trinajstić information content (AvgIpc) is 3.30. The summed E-state index contributed by atoms with van der Waals surface area (Å²) in [6, 6.07) is 5.88. The molecule has 1 unspecified atom stereocenters. The van der Waals surface area contributed by atoms with Crippen LogP contribution in [0.25, 0.3) is 10.9 Å². The Morgan fingerprint density at radius 2 is 1.65 bits per heavy atom. The number of aromatic nitrogens is 1. The summed E-state index contributed by atoms with van der Waals surface area (Å²) >= 11 is 0. The smallest absolute Gasteiger partial charge is 0.405 e. The number of H-pyrrole nitrogens is 1. The predicted octanol–water partition coefficient (Wildman–Crippen LogP) is 0.579. The average molecular weight is 559 g/mol. The van der Waals surface area contributed by atoms with Gasteiger partial charge in [0.15, 0.2) is 0 Å². The summed E-state index contributed by atoms with van der Waals surface area (Å²) in [7, 11) is 0. The van der Waals surface area contributed by atoms with Gasteiger partial charge in [-0.05, 0) is 35.8 Å². The number of hydrogen-bond acceptors (Lipinski definition) is 6. The van der Waals surface area contributed by atoms with Gasteiger partial charge in [-0.15, -0.1) is 0 Å². The van der Waals surface area contributed by atoms with Crippen molar-refractivity contribution in [3.8, 4) is 0 Å². The summed E-state index contributed by atoms with van der Waals surface area (Å²) in [6.45, 7) is 6.43. The Bertz CT molecular complexity index is 1210. The first-order valence-corrected chi connectivity index (χ1v) is 13.1. The summed E-state index contributed by atoms with van der Waals surface area (Å²) in [5.74, 6) is -4.84. The molecular weight excluding hydrogens is 520 g/mol. The van der Waals surface area contributed by atoms with E-state index < -0.39 is 66.1 Å². The number of benzene rings is 1. The zero-order valence-electron chi connectivity index (χ0n) is 23.1. The SMILES string of the molecule is CC[C@H](C)C(NC(=O)[C@H](CC(C)C)NC(=O)O)C(=O)C(=O)NCC(=O)N[C@@H](Cc1cc2ccccc2[nH]1)C(N)=O. The minimum absolute atomic E-state index is 0.0255. The molecule has 1 aromatic carbocycles. The van der Waals surface area contributed by atoms with Crippen LogP contribution in [0.5, 0.6) is 0 Å². The van der Waals surface area contributed by atoms with Crippen LogP contribution in [0.15, 0.2) is 30.3 Å². The number of carboxylic acid groups (broad SMARTS) is 1. The van der Waals surface area contributed by atoms with Crippen LogP contribution in [-0.4, -0.2) is 70.3 Å². The second-order valence-corrected chi connectivity index (χ2v) is 10.2. The van der Waals surface area contributed by atoms with E-state index in [0.717, 1.165) is 10.9 Å². The molecule has 13 nitrogen and oxygen atoms in total. The molecule has 0 aliphatic carbocycles. The normalized spacial score (nSPS) is 14.0. The Labute approximate surface area is 232 Å². The number of carbonyl (C=O) groups is 6. The van der Waals surface area contributed by atoms with E-state index in [1.807, 2.05) is 44.2 Å². The van der Waals surface area contributed by atoms with Crippen LogP contribution in [-0.2, 0) is 30.4 Å². The maximum atomic E-state index is 12.9. The fourth-order valence-corrected chi connectivity index (χ4v) is 4.13. The van der Waals surface area contributed by atoms with Crippen LogP contribution in [0.2, 0.25) is 0 Å². The molecule has 4 atom stereocenters. The highest BCUT2D eigenvalue weighted by Gasteiger charge is 2.33. The van der Waals surface area contributed by atoms with Gasteiger partial charge in [-0.25, -0.2) is 4.79 Å². The molecule has 40 heavy (non-hydrogen) atoms. The first-order chi connectivity index (χ1) is 18.8. The number of nitrogens with one attached hydrogen (secondary N) is 5. The van der Waals surface area contributed by atoms with E-state index in [1.54, 1.807) is 13.8 Å². The van der Waals surface area contributed by atoms with Crippen molar-refractivity contribution >= 4 is 46.4 Å². The van der Waals surface area contributed by atoms with Crippen molar-refractivity contribution in [1.82, 2.24) is 26.3 Å². The summed E-state index contributed by atoms with van der Waals surface area (Å²) in [5, 5.41) is 19.3. The third kappa shape index (κ3) is 9.40. The number of amides is 5. The highest BCUT2D eigenvalue weighted by Crippen LogP contribution is 2.16. The molecule has 8 N–H and O–H groups in total. The highest BCUT2D eigenvalue weighted by atomic mass is 16.4. The predicted molar refractivity (Wildman–Crippen MR) is 147 cm³/mol. The number of rotatable bonds is 15. The molecule has 13 heteroatoms. The second-order valence-electron chi connectivity index (χ2n) is 10.2. The topological polar surface area (TPSA) is 213 Å². The summed E-state index contributed by atoms with van der Waals surface area (Å²) in [6.07, 6.45) is -0.688. The number of aromatic amines is 1. The first-order valence-electron chi connectivity index (χ1n) is 13.1. The fraction of sp³-hybridized carbons (Fsp3) is 0.481. The maximum Gasteiger partial charge on any atom is 0.405 e. The first kappa shape index (κ1) is 31.8. The van der Waals surface area contributed by atoms with Crippen molar-refractivity contribution in [3.63, 3.8) is 0 Å². The minimum atomic E-state index is -1.39. The maximum absolute atomic E-state index is 12.9. The van der Waals surface area contributed by atoms with Gasteiger partial charge in [0.05, 0.1) is 12.6 Å². The molecule has 0 bridgehead atoms. The lowest BCUT2D eigenvalue weighted by Gasteiger charge is -2.26. The molecule has 5 amide bonds. The molecule has 0 radical (unpaired) electrons. The van der Waals surface area contributed by atoms with Crippen molar-refractivity contribution in [2.24, 2.45) is 17.6 Å². The number of primary amides is 1. The molecule has 218 valence electrons. The van der Waals surface area contributed by atoms with Crippen LogP contribution in [0.3, 0.4) is 0 Å². The van der Waals surface area contributed by atoms with E-state index in [9.17, 15) is 28.8 Å². The Balaban J connectivity index is 2.01. The quantitative estimate of drug-likeness (QED) is 0.154. The number of Topliss-reactive ketones (excluding diaryl/α,β-unsaturated/α-hetero) is 1. The van der Waals surface area contributed by atoms with Crippen LogP contribution < -0.4 is 27.0 Å². The van der Waals surface area contributed by atoms with Crippen LogP contribution in [0.4, 0.5) is 4.79 Å². The number of carbonyl (C=O) groups excluding carboxylic acids is 5. The van der Waals surface area contributed by atoms with E-state index in [2.05, 4.69) is 26.3 Å². The van der Waals surface area contributed by atoms with E-state index in [0.29, 0.717) is 12.1 Å². The second kappa shape index (κ2) is 14.7. The highest BCUT2D eigenvalue weighted by molar-refractivity contribution is 6.38. The fourth-order valence-electron chi connectivity index (χ4n) is 4.13.